The van der Waals surface area contributed by atoms with Crippen LogP contribution in [-0.2, 0) is 24.7 Å². The Bertz CT molecular complexity index is 1320. The monoisotopic (exact) mass is 551 g/mol. The molecule has 0 saturated carbocycles. The zero-order valence-electron chi connectivity index (χ0n) is 23.9. The Balaban J connectivity index is 1.26. The van der Waals surface area contributed by atoms with Gasteiger partial charge in [-0.1, -0.05) is 105 Å². The minimum absolute atomic E-state index is 0.0366. The lowest BCUT2D eigenvalue weighted by molar-refractivity contribution is -0.161. The smallest absolute Gasteiger partial charge is 0.328 e. The van der Waals surface area contributed by atoms with Crippen molar-refractivity contribution in [3.63, 3.8) is 0 Å². The number of benzene rings is 3. The van der Waals surface area contributed by atoms with Crippen molar-refractivity contribution in [1.29, 1.82) is 0 Å². The molecule has 3 heterocycles. The molecule has 3 saturated heterocycles. The van der Waals surface area contributed by atoms with Crippen molar-refractivity contribution in [3.8, 4) is 0 Å². The fraction of sp³-hybridized carbons (Fsp3) is 0.382. The third kappa shape index (κ3) is 4.34. The molecule has 3 aromatic carbocycles. The lowest BCUT2D eigenvalue weighted by Gasteiger charge is -2.47. The molecule has 0 bridgehead atoms. The maximum Gasteiger partial charge on any atom is 0.328 e. The third-order valence-electron chi connectivity index (χ3n) is 9.16. The fourth-order valence-corrected chi connectivity index (χ4v) is 7.09. The highest BCUT2D eigenvalue weighted by atomic mass is 16.5. The Labute approximate surface area is 241 Å². The van der Waals surface area contributed by atoms with Crippen LogP contribution in [0.5, 0.6) is 0 Å². The van der Waals surface area contributed by atoms with Crippen LogP contribution in [0.3, 0.4) is 0 Å². The van der Waals surface area contributed by atoms with Crippen molar-refractivity contribution in [1.82, 2.24) is 14.7 Å². The van der Waals surface area contributed by atoms with Crippen molar-refractivity contribution < 1.29 is 19.1 Å². The Morgan fingerprint density at radius 1 is 0.854 bits per heavy atom. The summed E-state index contributed by atoms with van der Waals surface area (Å²) in [7, 11) is 1.36. The number of rotatable bonds is 8. The van der Waals surface area contributed by atoms with Gasteiger partial charge in [0, 0.05) is 26.2 Å². The molecular weight excluding hydrogens is 514 g/mol. The predicted octanol–water partition coefficient (Wildman–Crippen LogP) is 3.92. The zero-order valence-corrected chi connectivity index (χ0v) is 23.9. The average Bonchev–Trinajstić information content (AvgIpc) is 3.71. The Hall–Kier alpha value is -3.97. The second kappa shape index (κ2) is 10.5. The third-order valence-corrected chi connectivity index (χ3v) is 9.16. The zero-order chi connectivity index (χ0) is 28.8. The Kier molecular flexibility index (Phi) is 6.94. The maximum absolute atomic E-state index is 13.9. The summed E-state index contributed by atoms with van der Waals surface area (Å²) in [5.41, 5.74) is 2.09. The molecule has 212 valence electrons. The molecule has 6 rings (SSSR count). The molecule has 2 amide bonds. The van der Waals surface area contributed by atoms with Gasteiger partial charge in [-0.25, -0.2) is 4.79 Å². The van der Waals surface area contributed by atoms with Gasteiger partial charge in [-0.2, -0.15) is 0 Å². The van der Waals surface area contributed by atoms with Crippen LogP contribution in [0.2, 0.25) is 0 Å². The first-order valence-electron chi connectivity index (χ1n) is 14.4. The second-order valence-electron chi connectivity index (χ2n) is 11.9. The summed E-state index contributed by atoms with van der Waals surface area (Å²) < 4.78 is 5.00. The number of amides is 2. The summed E-state index contributed by atoms with van der Waals surface area (Å²) in [6, 6.07) is 30.3. The van der Waals surface area contributed by atoms with Crippen molar-refractivity contribution in [2.24, 2.45) is 11.3 Å². The molecule has 3 aliphatic heterocycles. The minimum Gasteiger partial charge on any atom is -0.467 e. The van der Waals surface area contributed by atoms with E-state index in [4.69, 9.17) is 4.74 Å². The lowest BCUT2D eigenvalue weighted by atomic mass is 9.76. The fourth-order valence-electron chi connectivity index (χ4n) is 7.09. The van der Waals surface area contributed by atoms with Crippen molar-refractivity contribution in [2.75, 3.05) is 33.3 Å². The number of methoxy groups -OCH3 is 1. The number of carbonyl (C=O) groups is 3. The van der Waals surface area contributed by atoms with E-state index in [-0.39, 0.29) is 29.7 Å². The van der Waals surface area contributed by atoms with Crippen molar-refractivity contribution in [2.45, 2.75) is 37.9 Å². The van der Waals surface area contributed by atoms with E-state index in [0.29, 0.717) is 32.6 Å². The van der Waals surface area contributed by atoms with E-state index in [1.165, 1.54) is 7.11 Å². The van der Waals surface area contributed by atoms with Gasteiger partial charge in [0.05, 0.1) is 18.1 Å². The summed E-state index contributed by atoms with van der Waals surface area (Å²) >= 11 is 0. The number of likely N-dealkylation sites (tertiary alicyclic amines) is 2. The standard InChI is InChI=1S/C34H37N3O4/c1-24(2)29(31(39)41-3)36-20-19-33(32(36)40)22-35(23-33)30(38)28-21-37(28)34(25-13-7-4-8-14-25,26-15-9-5-10-16-26)27-17-11-6-12-18-27/h4-18,24,28-29H,19-23H2,1-3H3/t28-,29-,37?/m0/s1. The number of ether oxygens (including phenoxy) is 1. The summed E-state index contributed by atoms with van der Waals surface area (Å²) in [4.78, 5) is 45.8. The van der Waals surface area contributed by atoms with Crippen LogP contribution in [0.25, 0.3) is 0 Å². The molecule has 3 fully saturated rings. The van der Waals surface area contributed by atoms with Crippen molar-refractivity contribution in [3.05, 3.63) is 108 Å². The number of nitrogens with zero attached hydrogens (tertiary/aromatic N) is 3. The molecular formula is C34H37N3O4. The van der Waals surface area contributed by atoms with E-state index in [1.807, 2.05) is 73.3 Å². The molecule has 1 spiro atoms. The van der Waals surface area contributed by atoms with Gasteiger partial charge in [0.15, 0.2) is 0 Å². The Morgan fingerprint density at radius 3 is 1.78 bits per heavy atom. The first-order chi connectivity index (χ1) is 19.8. The van der Waals surface area contributed by atoms with Crippen LogP contribution < -0.4 is 0 Å². The van der Waals surface area contributed by atoms with Gasteiger partial charge >= 0.3 is 5.97 Å². The molecule has 1 unspecified atom stereocenters. The highest BCUT2D eigenvalue weighted by Crippen LogP contribution is 2.50. The van der Waals surface area contributed by atoms with Gasteiger partial charge in [0.25, 0.3) is 0 Å². The summed E-state index contributed by atoms with van der Waals surface area (Å²) in [5, 5.41) is 0. The number of hydrogen-bond donors (Lipinski definition) is 0. The van der Waals surface area contributed by atoms with E-state index in [2.05, 4.69) is 41.3 Å². The molecule has 41 heavy (non-hydrogen) atoms. The minimum atomic E-state index is -0.627. The number of hydrogen-bond acceptors (Lipinski definition) is 5. The van der Waals surface area contributed by atoms with E-state index in [9.17, 15) is 14.4 Å². The van der Waals surface area contributed by atoms with Gasteiger partial charge < -0.3 is 14.5 Å². The van der Waals surface area contributed by atoms with Crippen LogP contribution in [0, 0.1) is 11.3 Å². The molecule has 0 aromatic heterocycles. The quantitative estimate of drug-likeness (QED) is 0.241. The van der Waals surface area contributed by atoms with Gasteiger partial charge in [-0.3, -0.25) is 14.5 Å². The SMILES string of the molecule is COC(=O)[C@H](C(C)C)N1CCC2(CN(C(=O)[C@@H]3CN3C(c3ccccc3)(c3ccccc3)c3ccccc3)C2)C1=O. The molecule has 3 aliphatic rings. The molecule has 0 N–H and O–H groups in total. The number of carbonyl (C=O) groups excluding carboxylic acids is 3. The summed E-state index contributed by atoms with van der Waals surface area (Å²) in [6.07, 6.45) is 0.645. The maximum atomic E-state index is 13.9. The molecule has 7 nitrogen and oxygen atoms in total. The lowest BCUT2D eigenvalue weighted by Crippen LogP contribution is -2.63. The number of esters is 1. The normalized spacial score (nSPS) is 22.0. The van der Waals surface area contributed by atoms with E-state index in [0.717, 1.165) is 16.7 Å². The molecule has 3 atom stereocenters. The van der Waals surface area contributed by atoms with Crippen molar-refractivity contribution >= 4 is 17.8 Å². The Morgan fingerprint density at radius 2 is 1.34 bits per heavy atom. The van der Waals surface area contributed by atoms with E-state index >= 15 is 0 Å². The van der Waals surface area contributed by atoms with E-state index in [1.54, 1.807) is 4.90 Å². The predicted molar refractivity (Wildman–Crippen MR) is 156 cm³/mol. The topological polar surface area (TPSA) is 69.9 Å². The molecule has 0 radical (unpaired) electrons. The first kappa shape index (κ1) is 27.2. The van der Waals surface area contributed by atoms with Gasteiger partial charge in [0.2, 0.25) is 11.8 Å². The molecule has 0 aliphatic carbocycles. The summed E-state index contributed by atoms with van der Waals surface area (Å²) in [5.74, 6) is -0.417. The highest BCUT2D eigenvalue weighted by Gasteiger charge is 2.62. The largest absolute Gasteiger partial charge is 0.467 e. The van der Waals surface area contributed by atoms with Crippen LogP contribution in [0.15, 0.2) is 91.0 Å². The molecule has 3 aromatic rings. The van der Waals surface area contributed by atoms with Gasteiger partial charge in [-0.05, 0) is 29.0 Å². The second-order valence-corrected chi connectivity index (χ2v) is 11.9. The van der Waals surface area contributed by atoms with Crippen LogP contribution in [0.1, 0.15) is 37.0 Å². The summed E-state index contributed by atoms with van der Waals surface area (Å²) in [6.45, 7) is 5.78. The van der Waals surface area contributed by atoms with Crippen LogP contribution in [0.4, 0.5) is 0 Å². The first-order valence-corrected chi connectivity index (χ1v) is 14.4. The van der Waals surface area contributed by atoms with Crippen LogP contribution in [-0.4, -0.2) is 77.9 Å². The molecule has 7 heteroatoms. The average molecular weight is 552 g/mol. The van der Waals surface area contributed by atoms with Gasteiger partial charge in [0.1, 0.15) is 12.1 Å². The highest BCUT2D eigenvalue weighted by molar-refractivity contribution is 5.94. The van der Waals surface area contributed by atoms with Crippen LogP contribution >= 0.6 is 0 Å². The van der Waals surface area contributed by atoms with Gasteiger partial charge in [-0.15, -0.1) is 0 Å². The van der Waals surface area contributed by atoms with E-state index < -0.39 is 17.0 Å².